The monoisotopic (exact) mass is 348 g/mol. The van der Waals surface area contributed by atoms with Crippen LogP contribution in [0, 0.1) is 6.92 Å². The van der Waals surface area contributed by atoms with E-state index in [0.29, 0.717) is 25.3 Å². The van der Waals surface area contributed by atoms with E-state index in [1.54, 1.807) is 0 Å². The molecule has 3 aromatic rings. The Hall–Kier alpha value is -3.21. The highest BCUT2D eigenvalue weighted by molar-refractivity contribution is 5.95. The molecule has 0 saturated carbocycles. The van der Waals surface area contributed by atoms with Gasteiger partial charge in [-0.3, -0.25) is 4.79 Å². The maximum atomic E-state index is 11.9. The number of rotatable bonds is 4. The first kappa shape index (κ1) is 16.3. The highest BCUT2D eigenvalue weighted by Crippen LogP contribution is 2.36. The zero-order chi connectivity index (χ0) is 18.1. The Morgan fingerprint density at radius 1 is 1.04 bits per heavy atom. The summed E-state index contributed by atoms with van der Waals surface area (Å²) in [5.74, 6) is 1.04. The van der Waals surface area contributed by atoms with E-state index >= 15 is 0 Å². The number of benzene rings is 2. The third-order valence-electron chi connectivity index (χ3n) is 4.65. The van der Waals surface area contributed by atoms with Crippen molar-refractivity contribution in [2.45, 2.75) is 13.5 Å². The molecule has 0 atom stereocenters. The average molecular weight is 348 g/mol. The van der Waals surface area contributed by atoms with E-state index in [9.17, 15) is 4.79 Å². The standard InChI is InChI=1S/C21H20N2O3/c1-14-17(21(22)24)12-18(23(14)13-15-5-3-2-4-6-15)16-7-8-19-20(11-16)26-10-9-25-19/h2-8,11-12H,9-10,13H2,1H3,(H2,22,24). The molecule has 1 aliphatic heterocycles. The SMILES string of the molecule is Cc1c(C(N)=O)cc(-c2ccc3c(c2)OCCO3)n1Cc1ccccc1. The van der Waals surface area contributed by atoms with Crippen molar-refractivity contribution in [2.24, 2.45) is 5.73 Å². The fraction of sp³-hybridized carbons (Fsp3) is 0.190. The molecule has 2 N–H and O–H groups in total. The zero-order valence-electron chi connectivity index (χ0n) is 14.6. The maximum Gasteiger partial charge on any atom is 0.250 e. The first-order chi connectivity index (χ1) is 12.6. The van der Waals surface area contributed by atoms with Gasteiger partial charge in [0.05, 0.1) is 5.56 Å². The molecule has 1 aromatic heterocycles. The Balaban J connectivity index is 1.82. The van der Waals surface area contributed by atoms with E-state index in [0.717, 1.165) is 34.0 Å². The molecule has 0 aliphatic carbocycles. The molecule has 0 radical (unpaired) electrons. The third kappa shape index (κ3) is 2.92. The highest BCUT2D eigenvalue weighted by atomic mass is 16.6. The van der Waals surface area contributed by atoms with Crippen molar-refractivity contribution in [2.75, 3.05) is 13.2 Å². The summed E-state index contributed by atoms with van der Waals surface area (Å²) in [7, 11) is 0. The number of nitrogens with zero attached hydrogens (tertiary/aromatic N) is 1. The third-order valence-corrected chi connectivity index (χ3v) is 4.65. The molecule has 5 heteroatoms. The zero-order valence-corrected chi connectivity index (χ0v) is 14.6. The summed E-state index contributed by atoms with van der Waals surface area (Å²) in [5.41, 5.74) is 10.0. The minimum atomic E-state index is -0.423. The van der Waals surface area contributed by atoms with Crippen LogP contribution in [0.15, 0.2) is 54.6 Å². The lowest BCUT2D eigenvalue weighted by molar-refractivity contribution is 0.0999. The Kier molecular flexibility index (Phi) is 4.13. The molecular formula is C21H20N2O3. The molecule has 0 fully saturated rings. The van der Waals surface area contributed by atoms with E-state index in [2.05, 4.69) is 16.7 Å². The number of carbonyl (C=O) groups is 1. The molecule has 132 valence electrons. The van der Waals surface area contributed by atoms with Crippen LogP contribution in [0.4, 0.5) is 0 Å². The van der Waals surface area contributed by atoms with Crippen LogP contribution in [0.3, 0.4) is 0 Å². The van der Waals surface area contributed by atoms with E-state index in [1.807, 2.05) is 49.4 Å². The number of nitrogens with two attached hydrogens (primary N) is 1. The largest absolute Gasteiger partial charge is 0.486 e. The Bertz CT molecular complexity index is 961. The van der Waals surface area contributed by atoms with E-state index in [4.69, 9.17) is 15.2 Å². The van der Waals surface area contributed by atoms with Gasteiger partial charge in [0.2, 0.25) is 0 Å². The van der Waals surface area contributed by atoms with E-state index in [-0.39, 0.29) is 0 Å². The van der Waals surface area contributed by atoms with Crippen LogP contribution in [0.25, 0.3) is 11.3 Å². The summed E-state index contributed by atoms with van der Waals surface area (Å²) in [6, 6.07) is 17.8. The Morgan fingerprint density at radius 3 is 2.50 bits per heavy atom. The second kappa shape index (κ2) is 6.59. The fourth-order valence-corrected chi connectivity index (χ4v) is 3.31. The van der Waals surface area contributed by atoms with Crippen molar-refractivity contribution in [3.63, 3.8) is 0 Å². The highest BCUT2D eigenvalue weighted by Gasteiger charge is 2.19. The van der Waals surface area contributed by atoms with E-state index in [1.165, 1.54) is 0 Å². The summed E-state index contributed by atoms with van der Waals surface area (Å²) in [6.45, 7) is 3.67. The molecule has 1 amide bonds. The van der Waals surface area contributed by atoms with Gasteiger partial charge in [0, 0.05) is 23.5 Å². The van der Waals surface area contributed by atoms with Gasteiger partial charge >= 0.3 is 0 Å². The number of ether oxygens (including phenoxy) is 2. The number of carbonyl (C=O) groups excluding carboxylic acids is 1. The molecule has 0 saturated heterocycles. The van der Waals surface area contributed by atoms with E-state index < -0.39 is 5.91 Å². The molecule has 0 spiro atoms. The van der Waals surface area contributed by atoms with Gasteiger partial charge in [-0.2, -0.15) is 0 Å². The van der Waals surface area contributed by atoms with Crippen molar-refractivity contribution < 1.29 is 14.3 Å². The molecule has 0 unspecified atom stereocenters. The van der Waals surface area contributed by atoms with Crippen LogP contribution < -0.4 is 15.2 Å². The quantitative estimate of drug-likeness (QED) is 0.786. The van der Waals surface area contributed by atoms with Crippen molar-refractivity contribution in [1.29, 1.82) is 0 Å². The van der Waals surface area contributed by atoms with Gasteiger partial charge in [0.25, 0.3) is 5.91 Å². The average Bonchev–Trinajstić information content (AvgIpc) is 2.99. The van der Waals surface area contributed by atoms with Crippen LogP contribution in [0.1, 0.15) is 21.6 Å². The number of amides is 1. The lowest BCUT2D eigenvalue weighted by Gasteiger charge is -2.19. The smallest absolute Gasteiger partial charge is 0.250 e. The number of hydrogen-bond donors (Lipinski definition) is 1. The molecule has 1 aliphatic rings. The summed E-state index contributed by atoms with van der Waals surface area (Å²) in [5, 5.41) is 0. The van der Waals surface area contributed by atoms with Crippen LogP contribution >= 0.6 is 0 Å². The van der Waals surface area contributed by atoms with Gasteiger partial charge in [0.15, 0.2) is 11.5 Å². The normalized spacial score (nSPS) is 12.8. The second-order valence-corrected chi connectivity index (χ2v) is 6.32. The molecule has 5 nitrogen and oxygen atoms in total. The van der Waals surface area contributed by atoms with Crippen LogP contribution in [-0.4, -0.2) is 23.7 Å². The number of fused-ring (bicyclic) bond motifs is 1. The minimum Gasteiger partial charge on any atom is -0.486 e. The lowest BCUT2D eigenvalue weighted by Crippen LogP contribution is -2.15. The number of hydrogen-bond acceptors (Lipinski definition) is 3. The lowest BCUT2D eigenvalue weighted by atomic mass is 10.1. The van der Waals surface area contributed by atoms with Gasteiger partial charge in [-0.25, -0.2) is 0 Å². The summed E-state index contributed by atoms with van der Waals surface area (Å²) >= 11 is 0. The minimum absolute atomic E-state index is 0.423. The van der Waals surface area contributed by atoms with Crippen molar-refractivity contribution in [3.8, 4) is 22.8 Å². The molecule has 0 bridgehead atoms. The first-order valence-corrected chi connectivity index (χ1v) is 8.57. The van der Waals surface area contributed by atoms with Crippen LogP contribution in [-0.2, 0) is 6.54 Å². The molecular weight excluding hydrogens is 328 g/mol. The summed E-state index contributed by atoms with van der Waals surface area (Å²) in [6.07, 6.45) is 0. The predicted octanol–water partition coefficient (Wildman–Crippen LogP) is 3.38. The molecule has 4 rings (SSSR count). The molecule has 2 aromatic carbocycles. The van der Waals surface area contributed by atoms with Gasteiger partial charge in [-0.1, -0.05) is 30.3 Å². The predicted molar refractivity (Wildman–Crippen MR) is 99.7 cm³/mol. The van der Waals surface area contributed by atoms with Gasteiger partial charge in [-0.05, 0) is 36.8 Å². The topological polar surface area (TPSA) is 66.5 Å². The van der Waals surface area contributed by atoms with Gasteiger partial charge in [0.1, 0.15) is 13.2 Å². The first-order valence-electron chi connectivity index (χ1n) is 8.57. The van der Waals surface area contributed by atoms with Crippen molar-refractivity contribution in [3.05, 3.63) is 71.4 Å². The van der Waals surface area contributed by atoms with Crippen LogP contribution in [0.5, 0.6) is 11.5 Å². The molecule has 2 heterocycles. The Morgan fingerprint density at radius 2 is 1.77 bits per heavy atom. The Labute approximate surface area is 152 Å². The van der Waals surface area contributed by atoms with Crippen molar-refractivity contribution >= 4 is 5.91 Å². The number of primary amides is 1. The maximum absolute atomic E-state index is 11.9. The van der Waals surface area contributed by atoms with Gasteiger partial charge in [-0.15, -0.1) is 0 Å². The fourth-order valence-electron chi connectivity index (χ4n) is 3.31. The second-order valence-electron chi connectivity index (χ2n) is 6.32. The van der Waals surface area contributed by atoms with Crippen molar-refractivity contribution in [1.82, 2.24) is 4.57 Å². The van der Waals surface area contributed by atoms with Crippen LogP contribution in [0.2, 0.25) is 0 Å². The summed E-state index contributed by atoms with van der Waals surface area (Å²) in [4.78, 5) is 11.9. The van der Waals surface area contributed by atoms with Gasteiger partial charge < -0.3 is 19.8 Å². The number of aromatic nitrogens is 1. The summed E-state index contributed by atoms with van der Waals surface area (Å²) < 4.78 is 13.4. The molecule has 26 heavy (non-hydrogen) atoms.